The molecular weight excluding hydrogens is 218 g/mol. The van der Waals surface area contributed by atoms with Crippen molar-refractivity contribution in [3.8, 4) is 0 Å². The van der Waals surface area contributed by atoms with Crippen LogP contribution >= 0.6 is 0 Å². The fraction of sp³-hybridized carbons (Fsp3) is 0.222. The van der Waals surface area contributed by atoms with Crippen molar-refractivity contribution in [2.24, 2.45) is 0 Å². The number of hydrogen-bond acceptors (Lipinski definition) is 5. The Bertz CT molecular complexity index is 341. The molecule has 5 nitrogen and oxygen atoms in total. The summed E-state index contributed by atoms with van der Waals surface area (Å²) in [6.07, 6.45) is 0. The van der Waals surface area contributed by atoms with Crippen LogP contribution in [0.5, 0.6) is 0 Å². The smallest absolute Gasteiger partial charge is 0.176 e. The van der Waals surface area contributed by atoms with Crippen LogP contribution in [-0.4, -0.2) is 27.8 Å². The van der Waals surface area contributed by atoms with E-state index in [0.717, 1.165) is 0 Å². The van der Waals surface area contributed by atoms with E-state index in [1.165, 1.54) is 0 Å². The van der Waals surface area contributed by atoms with E-state index in [9.17, 15) is 13.6 Å². The lowest BCUT2D eigenvalue weighted by Gasteiger charge is -2.06. The molecule has 0 radical (unpaired) electrons. The van der Waals surface area contributed by atoms with Crippen molar-refractivity contribution in [2.45, 2.75) is 0 Å². The third kappa shape index (κ3) is 4.80. The molecule has 6 heteroatoms. The predicted octanol–water partition coefficient (Wildman–Crippen LogP) is 0.227. The van der Waals surface area contributed by atoms with Crippen LogP contribution < -0.4 is 5.32 Å². The second-order valence-corrected chi connectivity index (χ2v) is 3.33. The molecule has 0 aliphatic heterocycles. The molecule has 15 heavy (non-hydrogen) atoms. The number of hydrogen-bond donors (Lipinski definition) is 1. The lowest BCUT2D eigenvalue weighted by atomic mass is 10.1. The lowest BCUT2D eigenvalue weighted by Crippen LogP contribution is -2.25. The minimum atomic E-state index is -2.55. The van der Waals surface area contributed by atoms with Gasteiger partial charge < -0.3 is 4.55 Å². The van der Waals surface area contributed by atoms with E-state index in [-0.39, 0.29) is 19.1 Å². The maximum Gasteiger partial charge on any atom is 0.176 e. The number of ketones is 1. The number of rotatable bonds is 6. The SMILES string of the molecule is O=C(CNCOS(=O)[O-])c1ccccc1. The third-order valence-corrected chi connectivity index (χ3v) is 1.95. The van der Waals surface area contributed by atoms with Crippen molar-refractivity contribution in [3.63, 3.8) is 0 Å². The molecule has 1 atom stereocenters. The Morgan fingerprint density at radius 1 is 1.40 bits per heavy atom. The summed E-state index contributed by atoms with van der Waals surface area (Å²) in [7, 11) is 0. The summed E-state index contributed by atoms with van der Waals surface area (Å²) in [5.41, 5.74) is 0.577. The number of carbonyl (C=O) groups is 1. The summed E-state index contributed by atoms with van der Waals surface area (Å²) in [5.74, 6) is -0.115. The zero-order valence-corrected chi connectivity index (χ0v) is 8.66. The van der Waals surface area contributed by atoms with E-state index in [4.69, 9.17) is 0 Å². The Balaban J connectivity index is 2.28. The highest BCUT2D eigenvalue weighted by atomic mass is 32.2. The first-order valence-corrected chi connectivity index (χ1v) is 5.21. The molecule has 0 heterocycles. The molecule has 0 aromatic heterocycles. The number of nitrogens with one attached hydrogen (secondary N) is 1. The summed E-state index contributed by atoms with van der Waals surface area (Å²) in [5, 5.41) is 2.55. The van der Waals surface area contributed by atoms with Gasteiger partial charge >= 0.3 is 0 Å². The maximum absolute atomic E-state index is 11.4. The Morgan fingerprint density at radius 2 is 2.07 bits per heavy atom. The van der Waals surface area contributed by atoms with E-state index in [2.05, 4.69) is 9.50 Å². The number of benzene rings is 1. The minimum Gasteiger partial charge on any atom is -0.750 e. The monoisotopic (exact) mass is 228 g/mol. The fourth-order valence-electron chi connectivity index (χ4n) is 0.980. The van der Waals surface area contributed by atoms with Gasteiger partial charge in [0.25, 0.3) is 0 Å². The average Bonchev–Trinajstić information content (AvgIpc) is 2.25. The second kappa shape index (κ2) is 6.41. The molecule has 0 bridgehead atoms. The molecule has 0 spiro atoms. The predicted molar refractivity (Wildman–Crippen MR) is 53.6 cm³/mol. The van der Waals surface area contributed by atoms with Gasteiger partial charge in [0.15, 0.2) is 5.78 Å². The van der Waals surface area contributed by atoms with Gasteiger partial charge in [-0.3, -0.25) is 14.3 Å². The van der Waals surface area contributed by atoms with E-state index >= 15 is 0 Å². The van der Waals surface area contributed by atoms with E-state index < -0.39 is 11.4 Å². The molecule has 1 aromatic carbocycles. The molecular formula is C9H10NO4S-. The molecule has 1 unspecified atom stereocenters. The highest BCUT2D eigenvalue weighted by Crippen LogP contribution is 1.98. The number of carbonyl (C=O) groups excluding carboxylic acids is 1. The third-order valence-electron chi connectivity index (χ3n) is 1.64. The van der Waals surface area contributed by atoms with Gasteiger partial charge in [-0.25, -0.2) is 4.21 Å². The van der Waals surface area contributed by atoms with Crippen LogP contribution in [0.25, 0.3) is 0 Å². The highest BCUT2D eigenvalue weighted by molar-refractivity contribution is 7.74. The molecule has 1 rings (SSSR count). The molecule has 0 saturated heterocycles. The topological polar surface area (TPSA) is 78.5 Å². The van der Waals surface area contributed by atoms with Gasteiger partial charge in [-0.05, 0) is 0 Å². The lowest BCUT2D eigenvalue weighted by molar-refractivity contribution is 0.0981. The highest BCUT2D eigenvalue weighted by Gasteiger charge is 2.03. The van der Waals surface area contributed by atoms with Crippen molar-refractivity contribution in [3.05, 3.63) is 35.9 Å². The van der Waals surface area contributed by atoms with Crippen LogP contribution in [0.3, 0.4) is 0 Å². The summed E-state index contributed by atoms with van der Waals surface area (Å²) >= 11 is -2.55. The van der Waals surface area contributed by atoms with Crippen LogP contribution in [0.4, 0.5) is 0 Å². The quantitative estimate of drug-likeness (QED) is 0.326. The maximum atomic E-state index is 11.4. The molecule has 1 N–H and O–H groups in total. The number of Topliss-reactive ketones (excluding diaryl/α,β-unsaturated/α-hetero) is 1. The Morgan fingerprint density at radius 3 is 2.67 bits per heavy atom. The minimum absolute atomic E-state index is 0.0429. The van der Waals surface area contributed by atoms with Gasteiger partial charge in [-0.1, -0.05) is 30.3 Å². The van der Waals surface area contributed by atoms with Crippen molar-refractivity contribution < 1.29 is 17.7 Å². The molecule has 1 aromatic rings. The van der Waals surface area contributed by atoms with Crippen molar-refractivity contribution in [1.29, 1.82) is 0 Å². The Kier molecular flexibility index (Phi) is 5.13. The summed E-state index contributed by atoms with van der Waals surface area (Å²) in [6.45, 7) is -0.157. The van der Waals surface area contributed by atoms with E-state index in [1.807, 2.05) is 6.07 Å². The summed E-state index contributed by atoms with van der Waals surface area (Å²) in [6, 6.07) is 8.72. The molecule has 0 aliphatic carbocycles. The molecule has 82 valence electrons. The van der Waals surface area contributed by atoms with Gasteiger partial charge in [0.1, 0.15) is 6.73 Å². The van der Waals surface area contributed by atoms with Crippen LogP contribution in [0.1, 0.15) is 10.4 Å². The fourth-order valence-corrected chi connectivity index (χ4v) is 1.16. The van der Waals surface area contributed by atoms with Crippen molar-refractivity contribution in [2.75, 3.05) is 13.3 Å². The molecule has 0 aliphatic rings. The van der Waals surface area contributed by atoms with Crippen LogP contribution in [0.2, 0.25) is 0 Å². The standard InChI is InChI=1S/C9H11NO4S/c11-9(6-10-7-14-15(12)13)8-4-2-1-3-5-8/h1-5,10H,6-7H2,(H,12,13)/p-1. The second-order valence-electron chi connectivity index (χ2n) is 2.68. The van der Waals surface area contributed by atoms with Crippen molar-refractivity contribution in [1.82, 2.24) is 5.32 Å². The van der Waals surface area contributed by atoms with Gasteiger partial charge in [0.2, 0.25) is 0 Å². The molecule has 0 saturated carbocycles. The summed E-state index contributed by atoms with van der Waals surface area (Å²) in [4.78, 5) is 11.4. The van der Waals surface area contributed by atoms with Crippen molar-refractivity contribution >= 4 is 17.1 Å². The Labute approximate surface area is 89.9 Å². The first kappa shape index (κ1) is 12.0. The first-order chi connectivity index (χ1) is 7.20. The zero-order valence-electron chi connectivity index (χ0n) is 7.84. The van der Waals surface area contributed by atoms with Gasteiger partial charge in [-0.15, -0.1) is 0 Å². The van der Waals surface area contributed by atoms with Gasteiger partial charge in [0.05, 0.1) is 17.9 Å². The van der Waals surface area contributed by atoms with Crippen LogP contribution in [0, 0.1) is 0 Å². The zero-order chi connectivity index (χ0) is 11.1. The van der Waals surface area contributed by atoms with Gasteiger partial charge in [-0.2, -0.15) is 0 Å². The average molecular weight is 228 g/mol. The normalized spacial score (nSPS) is 12.3. The molecule has 0 amide bonds. The van der Waals surface area contributed by atoms with Crippen LogP contribution in [-0.2, 0) is 15.5 Å². The van der Waals surface area contributed by atoms with Crippen LogP contribution in [0.15, 0.2) is 30.3 Å². The Hall–Kier alpha value is -1.08. The summed E-state index contributed by atoms with van der Waals surface area (Å²) < 4.78 is 24.1. The first-order valence-electron chi connectivity index (χ1n) is 4.21. The largest absolute Gasteiger partial charge is 0.750 e. The van der Waals surface area contributed by atoms with E-state index in [0.29, 0.717) is 5.56 Å². The van der Waals surface area contributed by atoms with Gasteiger partial charge in [0, 0.05) is 5.56 Å². The van der Waals surface area contributed by atoms with E-state index in [1.54, 1.807) is 24.3 Å². The molecule has 0 fully saturated rings.